The molecule has 1 saturated heterocycles. The summed E-state index contributed by atoms with van der Waals surface area (Å²) in [6.45, 7) is 0.987. The van der Waals surface area contributed by atoms with Gasteiger partial charge in [0.1, 0.15) is 0 Å². The largest absolute Gasteiger partial charge is 0.459 e. The van der Waals surface area contributed by atoms with Gasteiger partial charge in [-0.3, -0.25) is 4.79 Å². The number of hydrogen-bond acceptors (Lipinski definition) is 8. The fraction of sp³-hybridized carbons (Fsp3) is 0.316. The minimum Gasteiger partial charge on any atom is -0.459 e. The van der Waals surface area contributed by atoms with Gasteiger partial charge < -0.3 is 14.2 Å². The number of anilines is 1. The van der Waals surface area contributed by atoms with Crippen LogP contribution in [0.25, 0.3) is 11.7 Å². The van der Waals surface area contributed by atoms with Crippen molar-refractivity contribution < 1.29 is 22.0 Å². The van der Waals surface area contributed by atoms with Crippen molar-refractivity contribution in [3.05, 3.63) is 41.6 Å². The number of carbonyl (C=O) groups is 1. The molecule has 0 spiro atoms. The zero-order valence-electron chi connectivity index (χ0n) is 16.3. The van der Waals surface area contributed by atoms with E-state index in [1.54, 1.807) is 12.1 Å². The third-order valence-electron chi connectivity index (χ3n) is 4.63. The molecule has 9 nitrogen and oxygen atoms in total. The van der Waals surface area contributed by atoms with Crippen molar-refractivity contribution in [1.82, 2.24) is 14.5 Å². The monoisotopic (exact) mass is 482 g/mol. The van der Waals surface area contributed by atoms with E-state index in [1.165, 1.54) is 28.8 Å². The number of halogens is 1. The lowest BCUT2D eigenvalue weighted by Gasteiger charge is -2.26. The van der Waals surface area contributed by atoms with Crippen molar-refractivity contribution >= 4 is 45.0 Å². The summed E-state index contributed by atoms with van der Waals surface area (Å²) in [6.07, 6.45) is 4.19. The van der Waals surface area contributed by atoms with Gasteiger partial charge in [-0.05, 0) is 43.2 Å². The number of hydrogen-bond donors (Lipinski definition) is 1. The first-order valence-corrected chi connectivity index (χ1v) is 12.3. The second-order valence-corrected chi connectivity index (χ2v) is 10.1. The Morgan fingerprint density at radius 1 is 1.19 bits per heavy atom. The molecule has 0 unspecified atom stereocenters. The van der Waals surface area contributed by atoms with Gasteiger partial charge in [-0.2, -0.15) is 4.31 Å². The second-order valence-electron chi connectivity index (χ2n) is 6.79. The van der Waals surface area contributed by atoms with Crippen LogP contribution in [-0.4, -0.2) is 47.7 Å². The number of amides is 1. The maximum absolute atomic E-state index is 12.9. The summed E-state index contributed by atoms with van der Waals surface area (Å²) in [5, 5.41) is 10.8. The van der Waals surface area contributed by atoms with Gasteiger partial charge in [0.05, 0.1) is 27.6 Å². The molecule has 1 N–H and O–H groups in total. The molecule has 31 heavy (non-hydrogen) atoms. The van der Waals surface area contributed by atoms with Crippen LogP contribution in [0.15, 0.2) is 55.5 Å². The van der Waals surface area contributed by atoms with Crippen molar-refractivity contribution in [2.75, 3.05) is 24.2 Å². The molecule has 4 rings (SSSR count). The van der Waals surface area contributed by atoms with E-state index < -0.39 is 15.9 Å². The molecule has 12 heteroatoms. The molecule has 1 aliphatic heterocycles. The van der Waals surface area contributed by atoms with Gasteiger partial charge in [-0.1, -0.05) is 29.8 Å². The summed E-state index contributed by atoms with van der Waals surface area (Å²) in [7, 11) is -3.64. The number of nitrogens with one attached hydrogen (secondary N) is 1. The Morgan fingerprint density at radius 3 is 2.74 bits per heavy atom. The normalized spacial score (nSPS) is 15.1. The topological polar surface area (TPSA) is 119 Å². The number of thioether (sulfide) groups is 1. The molecule has 1 aliphatic rings. The van der Waals surface area contributed by atoms with Crippen LogP contribution >= 0.6 is 23.4 Å². The number of nitrogens with zero attached hydrogens (tertiary/aromatic N) is 3. The van der Waals surface area contributed by atoms with Gasteiger partial charge in [0.15, 0.2) is 5.76 Å². The zero-order chi connectivity index (χ0) is 21.8. The molecule has 0 atom stereocenters. The summed E-state index contributed by atoms with van der Waals surface area (Å²) in [4.78, 5) is 12.5. The Labute approximate surface area is 188 Å². The molecule has 164 valence electrons. The van der Waals surface area contributed by atoms with E-state index in [4.69, 9.17) is 20.4 Å². The average Bonchev–Trinajstić information content (AvgIpc) is 3.46. The van der Waals surface area contributed by atoms with Crippen LogP contribution in [0.2, 0.25) is 5.02 Å². The van der Waals surface area contributed by atoms with Gasteiger partial charge in [0.25, 0.3) is 11.1 Å². The molecule has 1 fully saturated rings. The number of furan rings is 1. The molecule has 3 aromatic rings. The lowest BCUT2D eigenvalue weighted by Crippen LogP contribution is -2.35. The lowest BCUT2D eigenvalue weighted by molar-refractivity contribution is -0.113. The minimum atomic E-state index is -3.64. The first kappa shape index (κ1) is 21.9. The molecule has 3 heterocycles. The van der Waals surface area contributed by atoms with Crippen molar-refractivity contribution in [2.24, 2.45) is 0 Å². The van der Waals surface area contributed by atoms with Crippen LogP contribution in [-0.2, 0) is 14.8 Å². The Morgan fingerprint density at radius 2 is 2.00 bits per heavy atom. The fourth-order valence-electron chi connectivity index (χ4n) is 3.10. The van der Waals surface area contributed by atoms with Gasteiger partial charge in [-0.25, -0.2) is 8.42 Å². The van der Waals surface area contributed by atoms with E-state index in [9.17, 15) is 13.2 Å². The van der Waals surface area contributed by atoms with Crippen LogP contribution < -0.4 is 5.32 Å². The second kappa shape index (κ2) is 9.43. The third-order valence-corrected chi connectivity index (χ3v) is 7.67. The first-order valence-electron chi connectivity index (χ1n) is 9.53. The Balaban J connectivity index is 1.40. The maximum atomic E-state index is 12.9. The van der Waals surface area contributed by atoms with Crippen LogP contribution in [0.4, 0.5) is 5.69 Å². The highest BCUT2D eigenvalue weighted by molar-refractivity contribution is 7.99. The predicted octanol–water partition coefficient (Wildman–Crippen LogP) is 3.89. The maximum Gasteiger partial charge on any atom is 0.284 e. The number of benzene rings is 1. The molecule has 1 aromatic carbocycles. The number of piperidine rings is 1. The minimum absolute atomic E-state index is 0.0286. The SMILES string of the molecule is O=C(CSc1nnc(-c2ccco2)o1)Nc1cc(S(=O)(=O)N2CCCCC2)ccc1Cl. The molecule has 0 bridgehead atoms. The average molecular weight is 483 g/mol. The summed E-state index contributed by atoms with van der Waals surface area (Å²) in [5.41, 5.74) is 0.229. The standard InChI is InChI=1S/C19H19ClN4O5S2/c20-14-7-6-13(31(26,27)24-8-2-1-3-9-24)11-15(14)21-17(25)12-30-19-23-22-18(29-19)16-5-4-10-28-16/h4-7,10-11H,1-3,8-9,12H2,(H,21,25). The molecule has 1 amide bonds. The smallest absolute Gasteiger partial charge is 0.284 e. The molecule has 0 aliphatic carbocycles. The molecule has 0 radical (unpaired) electrons. The summed E-state index contributed by atoms with van der Waals surface area (Å²) < 4.78 is 37.8. The highest BCUT2D eigenvalue weighted by Gasteiger charge is 2.26. The Kier molecular flexibility index (Phi) is 6.65. The zero-order valence-corrected chi connectivity index (χ0v) is 18.7. The Hall–Kier alpha value is -2.34. The van der Waals surface area contributed by atoms with E-state index in [1.807, 2.05) is 0 Å². The fourth-order valence-corrected chi connectivity index (χ4v) is 5.37. The predicted molar refractivity (Wildman–Crippen MR) is 115 cm³/mol. The summed E-state index contributed by atoms with van der Waals surface area (Å²) >= 11 is 7.21. The van der Waals surface area contributed by atoms with Crippen molar-refractivity contribution in [3.63, 3.8) is 0 Å². The third kappa shape index (κ3) is 5.12. The first-order chi connectivity index (χ1) is 14.9. The van der Waals surface area contributed by atoms with Crippen molar-refractivity contribution in [3.8, 4) is 11.7 Å². The highest BCUT2D eigenvalue weighted by Crippen LogP contribution is 2.29. The number of aromatic nitrogens is 2. The van der Waals surface area contributed by atoms with Crippen molar-refractivity contribution in [1.29, 1.82) is 0 Å². The summed E-state index contributed by atoms with van der Waals surface area (Å²) in [5.74, 6) is 0.227. The number of sulfonamides is 1. The highest BCUT2D eigenvalue weighted by atomic mass is 35.5. The molecule has 0 saturated carbocycles. The van der Waals surface area contributed by atoms with E-state index in [2.05, 4.69) is 15.5 Å². The lowest BCUT2D eigenvalue weighted by atomic mass is 10.2. The van der Waals surface area contributed by atoms with Gasteiger partial charge >= 0.3 is 0 Å². The molecular formula is C19H19ClN4O5S2. The van der Waals surface area contributed by atoms with Crippen LogP contribution in [0.5, 0.6) is 0 Å². The van der Waals surface area contributed by atoms with Crippen LogP contribution in [0, 0.1) is 0 Å². The van der Waals surface area contributed by atoms with E-state index in [0.717, 1.165) is 31.0 Å². The van der Waals surface area contributed by atoms with E-state index >= 15 is 0 Å². The number of carbonyl (C=O) groups excluding carboxylic acids is 1. The van der Waals surface area contributed by atoms with Crippen LogP contribution in [0.1, 0.15) is 19.3 Å². The summed E-state index contributed by atoms with van der Waals surface area (Å²) in [6, 6.07) is 7.68. The molecular weight excluding hydrogens is 464 g/mol. The quantitative estimate of drug-likeness (QED) is 0.504. The Bertz CT molecular complexity index is 1160. The van der Waals surface area contributed by atoms with Gasteiger partial charge in [-0.15, -0.1) is 10.2 Å². The van der Waals surface area contributed by atoms with Gasteiger partial charge in [0, 0.05) is 13.1 Å². The van der Waals surface area contributed by atoms with Crippen molar-refractivity contribution in [2.45, 2.75) is 29.4 Å². The van der Waals surface area contributed by atoms with Gasteiger partial charge in [0.2, 0.25) is 15.9 Å². The van der Waals surface area contributed by atoms with E-state index in [0.29, 0.717) is 18.8 Å². The molecule has 2 aromatic heterocycles. The van der Waals surface area contributed by atoms with E-state index in [-0.39, 0.29) is 32.5 Å². The van der Waals surface area contributed by atoms with Crippen LogP contribution in [0.3, 0.4) is 0 Å². The number of rotatable bonds is 7.